The van der Waals surface area contributed by atoms with Gasteiger partial charge in [-0.2, -0.15) is 0 Å². The summed E-state index contributed by atoms with van der Waals surface area (Å²) in [6.45, 7) is 7.46. The molecule has 0 saturated carbocycles. The average Bonchev–Trinajstić information content (AvgIpc) is 3.60. The number of carbonyl (C=O) groups excluding carboxylic acids is 1. The molecule has 4 rings (SSSR count). The fourth-order valence-corrected chi connectivity index (χ4v) is 4.30. The number of nitrogens with zero attached hydrogens (tertiary/aromatic N) is 1. The molecule has 0 unspecified atom stereocenters. The van der Waals surface area contributed by atoms with Gasteiger partial charge in [0.15, 0.2) is 0 Å². The van der Waals surface area contributed by atoms with Crippen LogP contribution >= 0.6 is 0 Å². The second kappa shape index (κ2) is 11.1. The number of hydrogen-bond donors (Lipinski definition) is 3. The molecule has 0 saturated heterocycles. The Morgan fingerprint density at radius 1 is 1.00 bits per heavy atom. The molecule has 0 spiro atoms. The SMILES string of the molecule is CC(C)c1ccc(-c2ccccc2Cn2cccc(C(=O)N[C@H](C)CCCNC3(N)C=C3)c2=O)cc1. The van der Waals surface area contributed by atoms with Crippen LogP contribution in [0.25, 0.3) is 11.1 Å². The van der Waals surface area contributed by atoms with Crippen molar-refractivity contribution in [3.8, 4) is 11.1 Å². The normalized spacial score (nSPS) is 14.6. The van der Waals surface area contributed by atoms with E-state index in [1.807, 2.05) is 37.3 Å². The highest BCUT2D eigenvalue weighted by Crippen LogP contribution is 2.26. The van der Waals surface area contributed by atoms with Crippen molar-refractivity contribution in [1.29, 1.82) is 0 Å². The van der Waals surface area contributed by atoms with E-state index in [-0.39, 0.29) is 23.1 Å². The van der Waals surface area contributed by atoms with E-state index in [0.717, 1.165) is 36.1 Å². The zero-order chi connectivity index (χ0) is 25.7. The molecule has 1 aromatic heterocycles. The molecule has 6 heteroatoms. The molecule has 0 radical (unpaired) electrons. The minimum Gasteiger partial charge on any atom is -0.349 e. The van der Waals surface area contributed by atoms with E-state index in [1.165, 1.54) is 5.56 Å². The first-order chi connectivity index (χ1) is 17.3. The highest BCUT2D eigenvalue weighted by molar-refractivity contribution is 5.93. The van der Waals surface area contributed by atoms with Crippen molar-refractivity contribution < 1.29 is 4.79 Å². The maximum atomic E-state index is 13.2. The van der Waals surface area contributed by atoms with Crippen LogP contribution in [0.4, 0.5) is 0 Å². The topological polar surface area (TPSA) is 89.2 Å². The fraction of sp³-hybridized carbons (Fsp3) is 0.333. The molecule has 4 N–H and O–H groups in total. The minimum absolute atomic E-state index is 0.0530. The smallest absolute Gasteiger partial charge is 0.263 e. The van der Waals surface area contributed by atoms with Crippen LogP contribution < -0.4 is 21.9 Å². The Kier molecular flexibility index (Phi) is 7.87. The summed E-state index contributed by atoms with van der Waals surface area (Å²) in [6.07, 6.45) is 7.23. The maximum absolute atomic E-state index is 13.2. The Morgan fingerprint density at radius 2 is 1.72 bits per heavy atom. The summed E-state index contributed by atoms with van der Waals surface area (Å²) in [5, 5.41) is 6.20. The Balaban J connectivity index is 1.43. The lowest BCUT2D eigenvalue weighted by Gasteiger charge is -2.16. The summed E-state index contributed by atoms with van der Waals surface area (Å²) in [5.41, 5.74) is 9.89. The molecular formula is C30H36N4O2. The number of aromatic nitrogens is 1. The molecule has 0 bridgehead atoms. The van der Waals surface area contributed by atoms with Gasteiger partial charge in [0.2, 0.25) is 0 Å². The largest absolute Gasteiger partial charge is 0.349 e. The molecule has 2 aromatic carbocycles. The van der Waals surface area contributed by atoms with E-state index in [0.29, 0.717) is 12.5 Å². The highest BCUT2D eigenvalue weighted by atomic mass is 16.2. The molecule has 1 amide bonds. The Morgan fingerprint density at radius 3 is 2.42 bits per heavy atom. The van der Waals surface area contributed by atoms with Crippen molar-refractivity contribution in [3.63, 3.8) is 0 Å². The molecular weight excluding hydrogens is 448 g/mol. The maximum Gasteiger partial charge on any atom is 0.263 e. The van der Waals surface area contributed by atoms with E-state index in [1.54, 1.807) is 22.9 Å². The standard InChI is InChI=1S/C30H36N4O2/c1-21(2)23-12-14-24(15-13-23)26-10-5-4-9-25(26)20-34-19-7-11-27(29(34)36)28(35)33-22(3)8-6-18-32-30(31)16-17-30/h4-5,7,9-17,19,21-22,32H,6,8,18,20,31H2,1-3H3,(H,33,35)/t22-/m1/s1. The predicted octanol–water partition coefficient (Wildman–Crippen LogP) is 4.40. The average molecular weight is 485 g/mol. The van der Waals surface area contributed by atoms with Gasteiger partial charge in [0, 0.05) is 12.2 Å². The third-order valence-electron chi connectivity index (χ3n) is 6.66. The van der Waals surface area contributed by atoms with Crippen molar-refractivity contribution >= 4 is 5.91 Å². The van der Waals surface area contributed by atoms with Gasteiger partial charge in [-0.15, -0.1) is 0 Å². The van der Waals surface area contributed by atoms with Crippen molar-refractivity contribution in [3.05, 3.63) is 106 Å². The van der Waals surface area contributed by atoms with Crippen molar-refractivity contribution in [2.24, 2.45) is 5.73 Å². The van der Waals surface area contributed by atoms with Crippen LogP contribution in [-0.2, 0) is 6.54 Å². The number of hydrogen-bond acceptors (Lipinski definition) is 4. The molecule has 1 heterocycles. The number of rotatable bonds is 11. The van der Waals surface area contributed by atoms with Crippen LogP contribution in [-0.4, -0.2) is 28.7 Å². The van der Waals surface area contributed by atoms with Gasteiger partial charge < -0.3 is 15.6 Å². The number of nitrogens with two attached hydrogens (primary N) is 1. The van der Waals surface area contributed by atoms with Crippen LogP contribution in [0.3, 0.4) is 0 Å². The van der Waals surface area contributed by atoms with Gasteiger partial charge in [-0.3, -0.25) is 14.9 Å². The van der Waals surface area contributed by atoms with Gasteiger partial charge in [-0.25, -0.2) is 0 Å². The number of amides is 1. The number of nitrogens with one attached hydrogen (secondary N) is 2. The fourth-order valence-electron chi connectivity index (χ4n) is 4.30. The Bertz CT molecular complexity index is 1280. The third-order valence-corrected chi connectivity index (χ3v) is 6.66. The summed E-state index contributed by atoms with van der Waals surface area (Å²) < 4.78 is 1.61. The van der Waals surface area contributed by atoms with Gasteiger partial charge in [-0.1, -0.05) is 62.4 Å². The summed E-state index contributed by atoms with van der Waals surface area (Å²) >= 11 is 0. The van der Waals surface area contributed by atoms with E-state index < -0.39 is 5.66 Å². The lowest BCUT2D eigenvalue weighted by molar-refractivity contribution is 0.0936. The minimum atomic E-state index is -0.419. The van der Waals surface area contributed by atoms with Gasteiger partial charge in [0.1, 0.15) is 11.2 Å². The number of carbonyl (C=O) groups is 1. The van der Waals surface area contributed by atoms with E-state index >= 15 is 0 Å². The molecule has 6 nitrogen and oxygen atoms in total. The van der Waals surface area contributed by atoms with Crippen LogP contribution in [0.2, 0.25) is 0 Å². The van der Waals surface area contributed by atoms with Gasteiger partial charge in [-0.05, 0) is 78.8 Å². The molecule has 1 aliphatic carbocycles. The zero-order valence-electron chi connectivity index (χ0n) is 21.3. The highest BCUT2D eigenvalue weighted by Gasteiger charge is 2.27. The lowest BCUT2D eigenvalue weighted by atomic mass is 9.96. The van der Waals surface area contributed by atoms with Gasteiger partial charge in [0.25, 0.3) is 11.5 Å². The Labute approximate surface area is 213 Å². The van der Waals surface area contributed by atoms with Gasteiger partial charge >= 0.3 is 0 Å². The first-order valence-corrected chi connectivity index (χ1v) is 12.7. The van der Waals surface area contributed by atoms with Crippen molar-refractivity contribution in [2.75, 3.05) is 6.54 Å². The second-order valence-corrected chi connectivity index (χ2v) is 10.00. The summed E-state index contributed by atoms with van der Waals surface area (Å²) in [7, 11) is 0. The summed E-state index contributed by atoms with van der Waals surface area (Å²) in [5.74, 6) is 0.130. The van der Waals surface area contributed by atoms with Crippen LogP contribution in [0.1, 0.15) is 61.0 Å². The quantitative estimate of drug-likeness (QED) is 0.214. The number of pyridine rings is 1. The Hall–Kier alpha value is -3.48. The van der Waals surface area contributed by atoms with Crippen LogP contribution in [0, 0.1) is 0 Å². The number of benzene rings is 2. The monoisotopic (exact) mass is 484 g/mol. The van der Waals surface area contributed by atoms with E-state index in [9.17, 15) is 9.59 Å². The van der Waals surface area contributed by atoms with Crippen LogP contribution in [0.15, 0.2) is 83.8 Å². The molecule has 0 aliphatic heterocycles. The van der Waals surface area contributed by atoms with Gasteiger partial charge in [0.05, 0.1) is 6.54 Å². The third kappa shape index (κ3) is 6.39. The second-order valence-electron chi connectivity index (χ2n) is 10.00. The van der Waals surface area contributed by atoms with E-state index in [4.69, 9.17) is 5.73 Å². The van der Waals surface area contributed by atoms with Crippen molar-refractivity contribution in [2.45, 2.75) is 57.8 Å². The van der Waals surface area contributed by atoms with Crippen molar-refractivity contribution in [1.82, 2.24) is 15.2 Å². The molecule has 0 fully saturated rings. The molecule has 188 valence electrons. The predicted molar refractivity (Wildman–Crippen MR) is 146 cm³/mol. The lowest BCUT2D eigenvalue weighted by Crippen LogP contribution is -2.42. The first kappa shape index (κ1) is 25.6. The molecule has 3 aromatic rings. The summed E-state index contributed by atoms with van der Waals surface area (Å²) in [4.78, 5) is 26.1. The van der Waals surface area contributed by atoms with E-state index in [2.05, 4.69) is 54.8 Å². The molecule has 1 aliphatic rings. The molecule has 1 atom stereocenters. The molecule has 36 heavy (non-hydrogen) atoms. The van der Waals surface area contributed by atoms with Crippen LogP contribution in [0.5, 0.6) is 0 Å². The zero-order valence-corrected chi connectivity index (χ0v) is 21.3. The first-order valence-electron chi connectivity index (χ1n) is 12.7. The summed E-state index contributed by atoms with van der Waals surface area (Å²) in [6, 6.07) is 20.0.